The van der Waals surface area contributed by atoms with Gasteiger partial charge >= 0.3 is 0 Å². The quantitative estimate of drug-likeness (QED) is 0.438. The third-order valence-corrected chi connectivity index (χ3v) is 6.87. The molecule has 2 aromatic heterocycles. The molecule has 34 heavy (non-hydrogen) atoms. The average Bonchev–Trinajstić information content (AvgIpc) is 3.30. The molecule has 4 aromatic rings. The molecule has 0 N–H and O–H groups in total. The minimum Gasteiger partial charge on any atom is -0.338 e. The second-order valence-electron chi connectivity index (χ2n) is 9.50. The number of nitrogens with zero attached hydrogens (tertiary/aromatic N) is 6. The van der Waals surface area contributed by atoms with Crippen molar-refractivity contribution in [3.8, 4) is 0 Å². The predicted molar refractivity (Wildman–Crippen MR) is 135 cm³/mol. The maximum atomic E-state index is 13.5. The van der Waals surface area contributed by atoms with Gasteiger partial charge in [0.15, 0.2) is 5.65 Å². The number of hydrogen-bond donors (Lipinski definition) is 0. The van der Waals surface area contributed by atoms with E-state index in [0.717, 1.165) is 46.9 Å². The summed E-state index contributed by atoms with van der Waals surface area (Å²) in [7, 11) is 0. The van der Waals surface area contributed by atoms with Crippen LogP contribution in [0.2, 0.25) is 0 Å². The maximum absolute atomic E-state index is 13.5. The Bertz CT molecular complexity index is 1310. The van der Waals surface area contributed by atoms with Crippen LogP contribution in [0.15, 0.2) is 54.6 Å². The summed E-state index contributed by atoms with van der Waals surface area (Å²) in [6.07, 6.45) is 0.793. The van der Waals surface area contributed by atoms with Crippen molar-refractivity contribution in [1.29, 1.82) is 0 Å². The van der Waals surface area contributed by atoms with Gasteiger partial charge in [-0.3, -0.25) is 4.79 Å². The maximum Gasteiger partial charge on any atom is 0.230 e. The number of piperazine rings is 1. The summed E-state index contributed by atoms with van der Waals surface area (Å²) in [5, 5.41) is 10.0. The van der Waals surface area contributed by atoms with Gasteiger partial charge in [0.05, 0.1) is 11.4 Å². The van der Waals surface area contributed by atoms with Gasteiger partial charge in [0, 0.05) is 37.0 Å². The minimum atomic E-state index is -0.105. The van der Waals surface area contributed by atoms with Gasteiger partial charge in [-0.25, -0.2) is 9.38 Å². The van der Waals surface area contributed by atoms with E-state index < -0.39 is 0 Å². The summed E-state index contributed by atoms with van der Waals surface area (Å²) in [6, 6.07) is 18.3. The van der Waals surface area contributed by atoms with Gasteiger partial charge in [-0.2, -0.15) is 0 Å². The van der Waals surface area contributed by atoms with Crippen LogP contribution >= 0.6 is 0 Å². The Morgan fingerprint density at radius 1 is 1.03 bits per heavy atom. The number of carbonyl (C=O) groups excluding carboxylic acids is 1. The van der Waals surface area contributed by atoms with Gasteiger partial charge in [0.2, 0.25) is 11.9 Å². The third kappa shape index (κ3) is 3.79. The Morgan fingerprint density at radius 3 is 2.47 bits per heavy atom. The fourth-order valence-corrected chi connectivity index (χ4v) is 5.08. The standard InChI is InChI=1S/C27H32N6O/c1-5-21(20-11-7-6-8-12-20)26(34)32-16-15-31(17-19(32)4)27-28-23-14-10-9-13-22(23)25-30-29-24(18(2)3)33(25)27/h6-14,18-19,21H,5,15-17H2,1-4H3/t19-,21+/m0/s1. The Kier molecular flexibility index (Phi) is 5.94. The molecule has 1 fully saturated rings. The third-order valence-electron chi connectivity index (χ3n) is 6.87. The lowest BCUT2D eigenvalue weighted by atomic mass is 9.94. The van der Waals surface area contributed by atoms with Crippen LogP contribution in [0.3, 0.4) is 0 Å². The monoisotopic (exact) mass is 456 g/mol. The van der Waals surface area contributed by atoms with Crippen LogP contribution < -0.4 is 4.90 Å². The lowest BCUT2D eigenvalue weighted by Crippen LogP contribution is -2.55. The molecule has 7 nitrogen and oxygen atoms in total. The van der Waals surface area contributed by atoms with Gasteiger partial charge < -0.3 is 9.80 Å². The summed E-state index contributed by atoms with van der Waals surface area (Å²) < 4.78 is 2.11. The smallest absolute Gasteiger partial charge is 0.230 e. The molecule has 5 rings (SSSR count). The zero-order valence-electron chi connectivity index (χ0n) is 20.3. The summed E-state index contributed by atoms with van der Waals surface area (Å²) >= 11 is 0. The zero-order valence-corrected chi connectivity index (χ0v) is 20.3. The van der Waals surface area contributed by atoms with E-state index in [0.29, 0.717) is 13.1 Å². The van der Waals surface area contributed by atoms with Crippen molar-refractivity contribution in [2.45, 2.75) is 52.0 Å². The topological polar surface area (TPSA) is 66.6 Å². The first-order chi connectivity index (χ1) is 16.5. The lowest BCUT2D eigenvalue weighted by Gasteiger charge is -2.41. The highest BCUT2D eigenvalue weighted by Gasteiger charge is 2.33. The molecule has 2 aromatic carbocycles. The highest BCUT2D eigenvalue weighted by molar-refractivity contribution is 5.92. The highest BCUT2D eigenvalue weighted by atomic mass is 16.2. The van der Waals surface area contributed by atoms with Crippen molar-refractivity contribution < 1.29 is 4.79 Å². The first-order valence-electron chi connectivity index (χ1n) is 12.2. The lowest BCUT2D eigenvalue weighted by molar-refractivity contribution is -0.135. The van der Waals surface area contributed by atoms with Crippen molar-refractivity contribution in [2.75, 3.05) is 24.5 Å². The van der Waals surface area contributed by atoms with E-state index in [1.54, 1.807) is 0 Å². The van der Waals surface area contributed by atoms with E-state index in [9.17, 15) is 4.79 Å². The number of carbonyl (C=O) groups is 1. The van der Waals surface area contributed by atoms with E-state index in [1.807, 2.05) is 47.4 Å². The van der Waals surface area contributed by atoms with Crippen LogP contribution in [0.1, 0.15) is 57.3 Å². The minimum absolute atomic E-state index is 0.0707. The van der Waals surface area contributed by atoms with Crippen molar-refractivity contribution in [3.63, 3.8) is 0 Å². The highest BCUT2D eigenvalue weighted by Crippen LogP contribution is 2.29. The molecule has 3 heterocycles. The fourth-order valence-electron chi connectivity index (χ4n) is 5.08. The van der Waals surface area contributed by atoms with Gasteiger partial charge in [0.25, 0.3) is 0 Å². The Labute approximate surface area is 200 Å². The summed E-state index contributed by atoms with van der Waals surface area (Å²) in [5.41, 5.74) is 2.84. The van der Waals surface area contributed by atoms with Gasteiger partial charge in [-0.1, -0.05) is 63.2 Å². The number of amides is 1. The van der Waals surface area contributed by atoms with Gasteiger partial charge in [-0.15, -0.1) is 10.2 Å². The molecule has 0 aliphatic carbocycles. The van der Waals surface area contributed by atoms with E-state index in [1.165, 1.54) is 0 Å². The predicted octanol–water partition coefficient (Wildman–Crippen LogP) is 4.63. The Hall–Kier alpha value is -3.48. The van der Waals surface area contributed by atoms with E-state index in [4.69, 9.17) is 4.98 Å². The van der Waals surface area contributed by atoms with Crippen LogP contribution in [0.25, 0.3) is 16.6 Å². The molecule has 0 bridgehead atoms. The number of benzene rings is 2. The summed E-state index contributed by atoms with van der Waals surface area (Å²) in [5.74, 6) is 2.09. The van der Waals surface area contributed by atoms with Gasteiger partial charge in [0.1, 0.15) is 5.82 Å². The van der Waals surface area contributed by atoms with E-state index in [-0.39, 0.29) is 23.8 Å². The molecular formula is C27H32N6O. The number of para-hydroxylation sites is 1. The van der Waals surface area contributed by atoms with Crippen molar-refractivity contribution >= 4 is 28.4 Å². The van der Waals surface area contributed by atoms with Crippen LogP contribution in [-0.2, 0) is 4.79 Å². The second-order valence-corrected chi connectivity index (χ2v) is 9.50. The molecule has 1 saturated heterocycles. The number of rotatable bonds is 5. The molecular weight excluding hydrogens is 424 g/mol. The average molecular weight is 457 g/mol. The molecule has 176 valence electrons. The number of hydrogen-bond acceptors (Lipinski definition) is 5. The number of fused-ring (bicyclic) bond motifs is 3. The molecule has 7 heteroatoms. The molecule has 0 unspecified atom stereocenters. The first kappa shape index (κ1) is 22.3. The number of aromatic nitrogens is 4. The second kappa shape index (κ2) is 9.05. The first-order valence-corrected chi connectivity index (χ1v) is 12.2. The van der Waals surface area contributed by atoms with Crippen molar-refractivity contribution in [2.24, 2.45) is 0 Å². The van der Waals surface area contributed by atoms with E-state index in [2.05, 4.69) is 59.3 Å². The number of anilines is 1. The molecule has 1 aliphatic rings. The molecule has 1 aliphatic heterocycles. The molecule has 0 spiro atoms. The normalized spacial score (nSPS) is 17.6. The van der Waals surface area contributed by atoms with Crippen LogP contribution in [0.4, 0.5) is 5.95 Å². The zero-order chi connectivity index (χ0) is 23.8. The van der Waals surface area contributed by atoms with E-state index >= 15 is 0 Å². The fraction of sp³-hybridized carbons (Fsp3) is 0.407. The summed E-state index contributed by atoms with van der Waals surface area (Å²) in [4.78, 5) is 22.9. The molecule has 1 amide bonds. The SMILES string of the molecule is CC[C@@H](C(=O)N1CCN(c2nc3ccccc3c3nnc(C(C)C)n23)C[C@@H]1C)c1ccccc1. The van der Waals surface area contributed by atoms with Crippen LogP contribution in [-0.4, -0.2) is 56.1 Å². The molecule has 0 saturated carbocycles. The van der Waals surface area contributed by atoms with Crippen molar-refractivity contribution in [3.05, 3.63) is 66.0 Å². The van der Waals surface area contributed by atoms with Crippen LogP contribution in [0.5, 0.6) is 0 Å². The Morgan fingerprint density at radius 2 is 1.76 bits per heavy atom. The van der Waals surface area contributed by atoms with Gasteiger partial charge in [-0.05, 0) is 31.0 Å². The molecule has 0 radical (unpaired) electrons. The Balaban J connectivity index is 1.47. The van der Waals surface area contributed by atoms with Crippen molar-refractivity contribution in [1.82, 2.24) is 24.5 Å². The van der Waals surface area contributed by atoms with Crippen LogP contribution in [0, 0.1) is 0 Å². The summed E-state index contributed by atoms with van der Waals surface area (Å²) in [6.45, 7) is 10.6. The largest absolute Gasteiger partial charge is 0.338 e. The molecule has 2 atom stereocenters.